The van der Waals surface area contributed by atoms with Gasteiger partial charge < -0.3 is 32.3 Å². The van der Waals surface area contributed by atoms with Crippen LogP contribution in [0, 0.1) is 0 Å². The molecule has 0 radical (unpaired) electrons. The van der Waals surface area contributed by atoms with E-state index >= 15 is 0 Å². The third-order valence-corrected chi connectivity index (χ3v) is 2.57. The fourth-order valence-electron chi connectivity index (χ4n) is 1.66. The van der Waals surface area contributed by atoms with Crippen LogP contribution in [0.2, 0.25) is 0 Å². The van der Waals surface area contributed by atoms with Crippen molar-refractivity contribution in [1.29, 1.82) is 0 Å². The molecule has 0 saturated heterocycles. The van der Waals surface area contributed by atoms with Gasteiger partial charge in [0, 0.05) is 6.54 Å². The molecule has 8 N–H and O–H groups in total. The number of aromatic nitrogens is 2. The molecule has 18 heavy (non-hydrogen) atoms. The summed E-state index contributed by atoms with van der Waals surface area (Å²) in [4.78, 5) is 7.85. The largest absolute Gasteiger partial charge is 0.510 e. The standard InChI is InChI=1S/C10H16N6O2/c1-4(17)6(18)2-5-3-13-9-7(14-5)8(11)15-10(12)16-9/h2,4-5,14,17-18H,3H2,1H3,(H5,11,12,13,15,16). The first-order valence-corrected chi connectivity index (χ1v) is 5.49. The number of hydrogen-bond donors (Lipinski definition) is 6. The minimum atomic E-state index is -0.909. The fourth-order valence-corrected chi connectivity index (χ4v) is 1.66. The number of nitrogens with two attached hydrogens (primary N) is 2. The van der Waals surface area contributed by atoms with Crippen LogP contribution in [0.4, 0.5) is 23.3 Å². The zero-order chi connectivity index (χ0) is 13.3. The SMILES string of the molecule is CC(O)C(O)=CC1CNc2nc(N)nc(N)c2N1. The Balaban J connectivity index is 2.23. The number of nitrogens with zero attached hydrogens (tertiary/aromatic N) is 2. The lowest BCUT2D eigenvalue weighted by molar-refractivity contribution is 0.168. The number of rotatable bonds is 2. The minimum absolute atomic E-state index is 0.0985. The maximum Gasteiger partial charge on any atom is 0.224 e. The normalized spacial score (nSPS) is 20.6. The third-order valence-electron chi connectivity index (χ3n) is 2.57. The molecule has 2 heterocycles. The van der Waals surface area contributed by atoms with E-state index in [1.54, 1.807) is 0 Å². The lowest BCUT2D eigenvalue weighted by Gasteiger charge is -2.26. The molecule has 0 bridgehead atoms. The smallest absolute Gasteiger partial charge is 0.224 e. The summed E-state index contributed by atoms with van der Waals surface area (Å²) in [5, 5.41) is 24.8. The molecule has 8 nitrogen and oxygen atoms in total. The predicted molar refractivity (Wildman–Crippen MR) is 69.1 cm³/mol. The molecule has 0 amide bonds. The first-order chi connectivity index (χ1) is 8.47. The Morgan fingerprint density at radius 3 is 2.89 bits per heavy atom. The average Bonchev–Trinajstić information content (AvgIpc) is 2.29. The third kappa shape index (κ3) is 2.38. The van der Waals surface area contributed by atoms with Crippen LogP contribution in [0.1, 0.15) is 6.92 Å². The van der Waals surface area contributed by atoms with Gasteiger partial charge in [-0.25, -0.2) is 0 Å². The van der Waals surface area contributed by atoms with Gasteiger partial charge >= 0.3 is 0 Å². The summed E-state index contributed by atoms with van der Waals surface area (Å²) < 4.78 is 0. The van der Waals surface area contributed by atoms with Crippen LogP contribution in [0.5, 0.6) is 0 Å². The summed E-state index contributed by atoms with van der Waals surface area (Å²) in [6, 6.07) is -0.221. The van der Waals surface area contributed by atoms with Crippen molar-refractivity contribution in [3.63, 3.8) is 0 Å². The van der Waals surface area contributed by atoms with Crippen molar-refractivity contribution in [2.75, 3.05) is 28.6 Å². The van der Waals surface area contributed by atoms with Crippen molar-refractivity contribution in [3.8, 4) is 0 Å². The molecule has 98 valence electrons. The van der Waals surface area contributed by atoms with Crippen LogP contribution < -0.4 is 22.1 Å². The van der Waals surface area contributed by atoms with Crippen molar-refractivity contribution in [2.45, 2.75) is 19.1 Å². The zero-order valence-electron chi connectivity index (χ0n) is 9.88. The van der Waals surface area contributed by atoms with Crippen molar-refractivity contribution >= 4 is 23.3 Å². The first-order valence-electron chi connectivity index (χ1n) is 5.49. The van der Waals surface area contributed by atoms with E-state index in [9.17, 15) is 10.2 Å². The molecular weight excluding hydrogens is 236 g/mol. The number of aliphatic hydroxyl groups excluding tert-OH is 2. The van der Waals surface area contributed by atoms with Gasteiger partial charge in [0.1, 0.15) is 17.6 Å². The Labute approximate surface area is 104 Å². The van der Waals surface area contributed by atoms with Crippen LogP contribution in [0.15, 0.2) is 11.8 Å². The quantitative estimate of drug-likeness (QED) is 0.393. The second-order valence-corrected chi connectivity index (χ2v) is 4.09. The molecule has 0 saturated carbocycles. The minimum Gasteiger partial charge on any atom is -0.510 e. The number of nitrogens with one attached hydrogen (secondary N) is 2. The molecule has 8 heteroatoms. The monoisotopic (exact) mass is 252 g/mol. The van der Waals surface area contributed by atoms with Crippen molar-refractivity contribution in [3.05, 3.63) is 11.8 Å². The summed E-state index contributed by atoms with van der Waals surface area (Å²) in [6.07, 6.45) is 0.601. The number of anilines is 4. The summed E-state index contributed by atoms with van der Waals surface area (Å²) in [5.41, 5.74) is 11.7. The second kappa shape index (κ2) is 4.57. The maximum absolute atomic E-state index is 9.50. The molecule has 1 aliphatic rings. The average molecular weight is 252 g/mol. The van der Waals surface area contributed by atoms with E-state index in [0.29, 0.717) is 18.1 Å². The Morgan fingerprint density at radius 2 is 2.22 bits per heavy atom. The van der Waals surface area contributed by atoms with E-state index in [1.165, 1.54) is 13.0 Å². The molecule has 2 atom stereocenters. The number of fused-ring (bicyclic) bond motifs is 1. The highest BCUT2D eigenvalue weighted by Gasteiger charge is 2.21. The molecule has 0 spiro atoms. The summed E-state index contributed by atoms with van der Waals surface area (Å²) in [6.45, 7) is 1.97. The second-order valence-electron chi connectivity index (χ2n) is 4.09. The Hall–Kier alpha value is -2.22. The molecular formula is C10H16N6O2. The van der Waals surface area contributed by atoms with Gasteiger partial charge in [-0.1, -0.05) is 0 Å². The zero-order valence-corrected chi connectivity index (χ0v) is 9.88. The van der Waals surface area contributed by atoms with Gasteiger partial charge in [-0.2, -0.15) is 9.97 Å². The molecule has 1 aromatic rings. The van der Waals surface area contributed by atoms with Gasteiger partial charge in [-0.15, -0.1) is 0 Å². The van der Waals surface area contributed by atoms with E-state index < -0.39 is 6.10 Å². The lowest BCUT2D eigenvalue weighted by atomic mass is 10.1. The number of aliphatic hydroxyl groups is 2. The van der Waals surface area contributed by atoms with Crippen molar-refractivity contribution in [1.82, 2.24) is 9.97 Å². The molecule has 1 aromatic heterocycles. The Kier molecular flexibility index (Phi) is 3.11. The molecule has 0 aromatic carbocycles. The van der Waals surface area contributed by atoms with Gasteiger partial charge in [0.2, 0.25) is 5.95 Å². The molecule has 2 unspecified atom stereocenters. The lowest BCUT2D eigenvalue weighted by Crippen LogP contribution is -2.33. The van der Waals surface area contributed by atoms with Crippen LogP contribution >= 0.6 is 0 Å². The number of hydrogen-bond acceptors (Lipinski definition) is 8. The molecule has 1 aliphatic heterocycles. The van der Waals surface area contributed by atoms with Crippen LogP contribution in [0.3, 0.4) is 0 Å². The Bertz CT molecular complexity index is 488. The van der Waals surface area contributed by atoms with Crippen LogP contribution in [-0.4, -0.2) is 38.9 Å². The molecule has 0 aliphatic carbocycles. The van der Waals surface area contributed by atoms with Crippen molar-refractivity contribution < 1.29 is 10.2 Å². The van der Waals surface area contributed by atoms with Crippen LogP contribution in [0.25, 0.3) is 0 Å². The first kappa shape index (κ1) is 12.2. The van der Waals surface area contributed by atoms with Crippen molar-refractivity contribution in [2.24, 2.45) is 0 Å². The van der Waals surface area contributed by atoms with Gasteiger partial charge in [-0.3, -0.25) is 0 Å². The van der Waals surface area contributed by atoms with E-state index in [2.05, 4.69) is 20.6 Å². The van der Waals surface area contributed by atoms with Gasteiger partial charge in [-0.05, 0) is 13.0 Å². The van der Waals surface area contributed by atoms with E-state index in [1.807, 2.05) is 0 Å². The van der Waals surface area contributed by atoms with Gasteiger partial charge in [0.25, 0.3) is 0 Å². The van der Waals surface area contributed by atoms with E-state index in [4.69, 9.17) is 11.5 Å². The maximum atomic E-state index is 9.50. The summed E-state index contributed by atoms with van der Waals surface area (Å²) >= 11 is 0. The van der Waals surface area contributed by atoms with E-state index in [0.717, 1.165) is 0 Å². The summed E-state index contributed by atoms with van der Waals surface area (Å²) in [5.74, 6) is 0.759. The highest BCUT2D eigenvalue weighted by Crippen LogP contribution is 2.29. The molecule has 0 fully saturated rings. The van der Waals surface area contributed by atoms with E-state index in [-0.39, 0.29) is 23.6 Å². The predicted octanol–water partition coefficient (Wildman–Crippen LogP) is -0.330. The highest BCUT2D eigenvalue weighted by atomic mass is 16.3. The Morgan fingerprint density at radius 1 is 1.50 bits per heavy atom. The van der Waals surface area contributed by atoms with Crippen LogP contribution in [-0.2, 0) is 0 Å². The highest BCUT2D eigenvalue weighted by molar-refractivity contribution is 5.79. The van der Waals surface area contributed by atoms with Gasteiger partial charge in [0.05, 0.1) is 6.04 Å². The summed E-state index contributed by atoms with van der Waals surface area (Å²) in [7, 11) is 0. The topological polar surface area (TPSA) is 142 Å². The number of nitrogen functional groups attached to an aromatic ring is 2. The fraction of sp³-hybridized carbons (Fsp3) is 0.400. The van der Waals surface area contributed by atoms with Gasteiger partial charge in [0.15, 0.2) is 11.6 Å². The molecule has 2 rings (SSSR count).